The molecule has 0 aromatic carbocycles. The maximum Gasteiger partial charge on any atom is 0.472 e. The van der Waals surface area contributed by atoms with E-state index < -0.39 is 97.5 Å². The number of carbonyl (C=O) groups excluding carboxylic acids is 4. The molecule has 0 rings (SSSR count). The molecule has 566 valence electrons. The van der Waals surface area contributed by atoms with E-state index >= 15 is 0 Å². The second-order valence-electron chi connectivity index (χ2n) is 28.0. The first-order valence-electron chi connectivity index (χ1n) is 39.3. The minimum absolute atomic E-state index is 0.0851. The average Bonchev–Trinajstić information content (AvgIpc) is 2.31. The van der Waals surface area contributed by atoms with Gasteiger partial charge in [-0.05, 0) is 63.2 Å². The number of hydrogen-bond acceptors (Lipinski definition) is 15. The van der Waals surface area contributed by atoms with Gasteiger partial charge in [-0.3, -0.25) is 37.3 Å². The van der Waals surface area contributed by atoms with Gasteiger partial charge < -0.3 is 33.8 Å². The Labute approximate surface area is 586 Å². The largest absolute Gasteiger partial charge is 0.472 e. The number of ether oxygens (including phenoxy) is 4. The fourth-order valence-electron chi connectivity index (χ4n) is 11.3. The van der Waals surface area contributed by atoms with Crippen LogP contribution in [0.25, 0.3) is 0 Å². The summed E-state index contributed by atoms with van der Waals surface area (Å²) >= 11 is 0. The van der Waals surface area contributed by atoms with Crippen molar-refractivity contribution >= 4 is 39.5 Å². The monoisotopic (exact) mass is 1410 g/mol. The molecule has 0 aliphatic carbocycles. The van der Waals surface area contributed by atoms with Gasteiger partial charge in [0.1, 0.15) is 19.3 Å². The van der Waals surface area contributed by atoms with Crippen LogP contribution in [0.3, 0.4) is 0 Å². The van der Waals surface area contributed by atoms with Crippen LogP contribution in [0.2, 0.25) is 0 Å². The smallest absolute Gasteiger partial charge is 0.462 e. The number of phosphoric acid groups is 2. The van der Waals surface area contributed by atoms with Crippen LogP contribution in [0.5, 0.6) is 0 Å². The van der Waals surface area contributed by atoms with Crippen molar-refractivity contribution in [1.29, 1.82) is 0 Å². The quantitative estimate of drug-likeness (QED) is 0.0169. The van der Waals surface area contributed by atoms with Crippen molar-refractivity contribution in [3.8, 4) is 0 Å². The van der Waals surface area contributed by atoms with Crippen LogP contribution in [-0.4, -0.2) is 96.7 Å². The van der Waals surface area contributed by atoms with Crippen molar-refractivity contribution < 1.29 is 80.2 Å². The van der Waals surface area contributed by atoms with Crippen LogP contribution in [0, 0.1) is 11.8 Å². The molecule has 17 nitrogen and oxygen atoms in total. The molecule has 2 unspecified atom stereocenters. The number of hydrogen-bond donors (Lipinski definition) is 3. The van der Waals surface area contributed by atoms with Crippen molar-refractivity contribution in [2.45, 2.75) is 394 Å². The lowest BCUT2D eigenvalue weighted by Crippen LogP contribution is -2.30. The number of allylic oxidation sites excluding steroid dienone is 4. The van der Waals surface area contributed by atoms with Gasteiger partial charge in [-0.25, -0.2) is 9.13 Å². The molecule has 0 heterocycles. The van der Waals surface area contributed by atoms with Gasteiger partial charge in [0.05, 0.1) is 26.4 Å². The van der Waals surface area contributed by atoms with Crippen LogP contribution in [0.1, 0.15) is 375 Å². The predicted octanol–water partition coefficient (Wildman–Crippen LogP) is 22.3. The number of aliphatic hydroxyl groups is 1. The van der Waals surface area contributed by atoms with E-state index in [9.17, 15) is 43.2 Å². The number of aliphatic hydroxyl groups excluding tert-OH is 1. The van der Waals surface area contributed by atoms with Crippen molar-refractivity contribution in [3.63, 3.8) is 0 Å². The molecule has 0 aliphatic rings. The summed E-state index contributed by atoms with van der Waals surface area (Å²) in [7, 11) is -9.93. The van der Waals surface area contributed by atoms with Crippen LogP contribution >= 0.6 is 15.6 Å². The predicted molar refractivity (Wildman–Crippen MR) is 391 cm³/mol. The summed E-state index contributed by atoms with van der Waals surface area (Å²) in [5, 5.41) is 10.6. The summed E-state index contributed by atoms with van der Waals surface area (Å²) in [6, 6.07) is 0. The minimum atomic E-state index is -4.97. The summed E-state index contributed by atoms with van der Waals surface area (Å²) in [5.41, 5.74) is 0. The summed E-state index contributed by atoms with van der Waals surface area (Å²) in [6.45, 7) is 9.55. The molecule has 0 aliphatic heterocycles. The highest BCUT2D eigenvalue weighted by Gasteiger charge is 2.30. The molecule has 0 saturated carbocycles. The maximum absolute atomic E-state index is 13.1. The first-order chi connectivity index (χ1) is 46.4. The number of unbranched alkanes of at least 4 members (excludes halogenated alkanes) is 41. The van der Waals surface area contributed by atoms with Gasteiger partial charge in [0.15, 0.2) is 12.2 Å². The summed E-state index contributed by atoms with van der Waals surface area (Å²) < 4.78 is 68.5. The van der Waals surface area contributed by atoms with Crippen molar-refractivity contribution in [1.82, 2.24) is 0 Å². The third-order valence-corrected chi connectivity index (χ3v) is 19.2. The first kappa shape index (κ1) is 93.5. The highest BCUT2D eigenvalue weighted by molar-refractivity contribution is 7.47. The highest BCUT2D eigenvalue weighted by atomic mass is 31.2. The molecule has 0 fully saturated rings. The number of carbonyl (C=O) groups is 4. The Morgan fingerprint density at radius 2 is 0.562 bits per heavy atom. The molecular formula is C77H146O17P2. The molecule has 5 atom stereocenters. The molecule has 0 amide bonds. The second kappa shape index (κ2) is 68.3. The Hall–Kier alpha value is -2.46. The zero-order chi connectivity index (χ0) is 70.7. The van der Waals surface area contributed by atoms with Gasteiger partial charge in [0, 0.05) is 25.7 Å². The van der Waals surface area contributed by atoms with Crippen molar-refractivity contribution in [3.05, 3.63) is 24.3 Å². The van der Waals surface area contributed by atoms with E-state index in [4.69, 9.17) is 37.0 Å². The Morgan fingerprint density at radius 3 is 0.854 bits per heavy atom. The number of esters is 4. The van der Waals surface area contributed by atoms with E-state index in [-0.39, 0.29) is 25.7 Å². The number of phosphoric ester groups is 2. The molecule has 0 bridgehead atoms. The lowest BCUT2D eigenvalue weighted by atomic mass is 10.0. The SMILES string of the molecule is CCCCCC/C=C\C=C/CCCCCCCC(=O)O[C@H](COC(=O)CCCCCCCCCCCCCCC(C)C)COP(=O)(O)OC[C@@H](O)COP(=O)(O)OC[C@@H](COC(=O)CCCCCCCCCCCCC)OC(=O)CCCCCCCCCCCCCCC(C)C. The molecule has 0 radical (unpaired) electrons. The Kier molecular flexibility index (Phi) is 66.6. The van der Waals surface area contributed by atoms with Gasteiger partial charge in [0.25, 0.3) is 0 Å². The minimum Gasteiger partial charge on any atom is -0.462 e. The summed E-state index contributed by atoms with van der Waals surface area (Å²) in [4.78, 5) is 72.8. The molecular weight excluding hydrogens is 1260 g/mol. The Bertz CT molecular complexity index is 1950. The Morgan fingerprint density at radius 1 is 0.323 bits per heavy atom. The van der Waals surface area contributed by atoms with E-state index in [1.807, 2.05) is 0 Å². The van der Waals surface area contributed by atoms with E-state index in [0.29, 0.717) is 25.7 Å². The lowest BCUT2D eigenvalue weighted by Gasteiger charge is -2.21. The van der Waals surface area contributed by atoms with Crippen LogP contribution in [0.4, 0.5) is 0 Å². The summed E-state index contributed by atoms with van der Waals surface area (Å²) in [5.74, 6) is -0.589. The topological polar surface area (TPSA) is 237 Å². The second-order valence-corrected chi connectivity index (χ2v) is 30.9. The van der Waals surface area contributed by atoms with E-state index in [1.165, 1.54) is 180 Å². The molecule has 19 heteroatoms. The zero-order valence-corrected chi connectivity index (χ0v) is 63.9. The standard InChI is InChI=1S/C77H146O17P2/c1-7-9-11-13-15-17-19-20-21-22-31-37-43-49-55-61-76(81)93-73(66-88-75(80)60-54-48-42-36-30-25-23-28-33-39-45-51-57-69(3)4)68-92-96(85,86)90-64-71(78)63-89-95(83,84)91-67-72(65-87-74(79)59-53-47-41-35-27-18-16-14-12-10-8-2)94-77(82)62-56-50-44-38-32-26-24-29-34-40-46-52-58-70(5)6/h17,19-21,69-73,78H,7-16,18,22-68H2,1-6H3,(H,83,84)(H,85,86)/b19-17-,21-20-/t71-,72+,73+/m0/s1. The fourth-order valence-corrected chi connectivity index (χ4v) is 12.9. The van der Waals surface area contributed by atoms with Crippen LogP contribution in [0.15, 0.2) is 24.3 Å². The van der Waals surface area contributed by atoms with Crippen molar-refractivity contribution in [2.24, 2.45) is 11.8 Å². The molecule has 0 aromatic rings. The van der Waals surface area contributed by atoms with Gasteiger partial charge in [0.2, 0.25) is 0 Å². The van der Waals surface area contributed by atoms with Crippen LogP contribution in [-0.2, 0) is 65.4 Å². The van der Waals surface area contributed by atoms with Crippen molar-refractivity contribution in [2.75, 3.05) is 39.6 Å². The number of rotatable bonds is 74. The first-order valence-corrected chi connectivity index (χ1v) is 42.3. The van der Waals surface area contributed by atoms with E-state index in [0.717, 1.165) is 115 Å². The average molecular weight is 1410 g/mol. The molecule has 0 saturated heterocycles. The maximum atomic E-state index is 13.1. The molecule has 96 heavy (non-hydrogen) atoms. The van der Waals surface area contributed by atoms with Gasteiger partial charge in [-0.15, -0.1) is 0 Å². The molecule has 0 spiro atoms. The normalized spacial score (nSPS) is 14.2. The van der Waals surface area contributed by atoms with Gasteiger partial charge in [-0.1, -0.05) is 323 Å². The van der Waals surface area contributed by atoms with E-state index in [1.54, 1.807) is 0 Å². The zero-order valence-electron chi connectivity index (χ0n) is 62.2. The third-order valence-electron chi connectivity index (χ3n) is 17.3. The van der Waals surface area contributed by atoms with Gasteiger partial charge in [-0.2, -0.15) is 0 Å². The molecule has 0 aromatic heterocycles. The van der Waals surface area contributed by atoms with Gasteiger partial charge >= 0.3 is 39.5 Å². The lowest BCUT2D eigenvalue weighted by molar-refractivity contribution is -0.161. The fraction of sp³-hybridized carbons (Fsp3) is 0.896. The van der Waals surface area contributed by atoms with Crippen LogP contribution < -0.4 is 0 Å². The Balaban J connectivity index is 5.30. The highest BCUT2D eigenvalue weighted by Crippen LogP contribution is 2.45. The van der Waals surface area contributed by atoms with E-state index in [2.05, 4.69) is 65.8 Å². The third kappa shape index (κ3) is 70.0. The summed E-state index contributed by atoms with van der Waals surface area (Å²) in [6.07, 6.45) is 58.9. The molecule has 3 N–H and O–H groups in total.